The second-order valence-corrected chi connectivity index (χ2v) is 6.16. The number of aromatic nitrogens is 1. The number of rotatable bonds is 8. The Morgan fingerprint density at radius 1 is 1.21 bits per heavy atom. The molecule has 2 N–H and O–H groups in total. The Kier molecular flexibility index (Phi) is 6.32. The maximum absolute atomic E-state index is 11.4. The zero-order valence-corrected chi connectivity index (χ0v) is 14.3. The molecule has 2 aromatic rings. The van der Waals surface area contributed by atoms with Crippen LogP contribution in [-0.4, -0.2) is 29.2 Å². The van der Waals surface area contributed by atoms with Gasteiger partial charge in [-0.3, -0.25) is 9.78 Å². The van der Waals surface area contributed by atoms with E-state index in [1.165, 1.54) is 0 Å². The lowest BCUT2D eigenvalue weighted by Crippen LogP contribution is -2.37. The third-order valence-electron chi connectivity index (χ3n) is 3.84. The molecule has 0 bridgehead atoms. The van der Waals surface area contributed by atoms with Crippen molar-refractivity contribution < 1.29 is 14.6 Å². The van der Waals surface area contributed by atoms with Crippen LogP contribution in [0, 0.1) is 5.92 Å². The first-order valence-corrected chi connectivity index (χ1v) is 8.04. The number of hydrogen-bond acceptors (Lipinski definition) is 4. The maximum Gasteiger partial charge on any atom is 0.320 e. The average Bonchev–Trinajstić information content (AvgIpc) is 2.58. The van der Waals surface area contributed by atoms with Crippen molar-refractivity contribution in [3.63, 3.8) is 0 Å². The van der Waals surface area contributed by atoms with Gasteiger partial charge in [-0.25, -0.2) is 0 Å². The van der Waals surface area contributed by atoms with Crippen LogP contribution in [0.5, 0.6) is 5.75 Å². The van der Waals surface area contributed by atoms with Gasteiger partial charge in [-0.1, -0.05) is 19.9 Å². The van der Waals surface area contributed by atoms with Crippen molar-refractivity contribution in [2.24, 2.45) is 5.92 Å². The van der Waals surface area contributed by atoms with E-state index in [-0.39, 0.29) is 0 Å². The van der Waals surface area contributed by atoms with Gasteiger partial charge in [0.1, 0.15) is 11.8 Å². The number of pyridine rings is 1. The number of aliphatic carboxylic acids is 1. The molecule has 1 aromatic carbocycles. The van der Waals surface area contributed by atoms with Crippen LogP contribution < -0.4 is 10.1 Å². The first kappa shape index (κ1) is 17.9. The zero-order chi connectivity index (χ0) is 17.5. The normalized spacial score (nSPS) is 12.2. The third-order valence-corrected chi connectivity index (χ3v) is 3.84. The van der Waals surface area contributed by atoms with Gasteiger partial charge >= 0.3 is 5.97 Å². The molecular formula is C19H24N2O3. The minimum Gasteiger partial charge on any atom is -0.496 e. The van der Waals surface area contributed by atoms with E-state index in [1.54, 1.807) is 19.5 Å². The van der Waals surface area contributed by atoms with Crippen molar-refractivity contribution >= 4 is 5.97 Å². The summed E-state index contributed by atoms with van der Waals surface area (Å²) in [4.78, 5) is 15.4. The largest absolute Gasteiger partial charge is 0.496 e. The minimum atomic E-state index is -0.826. The van der Waals surface area contributed by atoms with Crippen LogP contribution in [0.25, 0.3) is 11.1 Å². The molecule has 2 rings (SSSR count). The molecule has 0 fully saturated rings. The van der Waals surface area contributed by atoms with Gasteiger partial charge in [0.05, 0.1) is 7.11 Å². The number of hydrogen-bond donors (Lipinski definition) is 2. The summed E-state index contributed by atoms with van der Waals surface area (Å²) < 4.78 is 5.41. The average molecular weight is 328 g/mol. The van der Waals surface area contributed by atoms with E-state index in [0.717, 1.165) is 22.4 Å². The Morgan fingerprint density at radius 2 is 1.92 bits per heavy atom. The second kappa shape index (κ2) is 8.45. The van der Waals surface area contributed by atoms with Crippen molar-refractivity contribution in [3.8, 4) is 16.9 Å². The molecule has 0 spiro atoms. The van der Waals surface area contributed by atoms with Crippen molar-refractivity contribution in [3.05, 3.63) is 48.3 Å². The van der Waals surface area contributed by atoms with Gasteiger partial charge in [0.2, 0.25) is 0 Å². The van der Waals surface area contributed by atoms with E-state index in [2.05, 4.69) is 10.3 Å². The number of carboxylic acids is 1. The number of carboxylic acid groups (broad SMARTS) is 1. The van der Waals surface area contributed by atoms with Gasteiger partial charge in [-0.2, -0.15) is 0 Å². The highest BCUT2D eigenvalue weighted by molar-refractivity contribution is 5.73. The fraction of sp³-hybridized carbons (Fsp3) is 0.368. The van der Waals surface area contributed by atoms with E-state index < -0.39 is 12.0 Å². The molecule has 1 aromatic heterocycles. The van der Waals surface area contributed by atoms with E-state index >= 15 is 0 Å². The lowest BCUT2D eigenvalue weighted by Gasteiger charge is -2.18. The molecule has 5 heteroatoms. The van der Waals surface area contributed by atoms with Gasteiger partial charge in [-0.05, 0) is 47.7 Å². The summed E-state index contributed by atoms with van der Waals surface area (Å²) in [7, 11) is 1.62. The predicted octanol–water partition coefficient (Wildman–Crippen LogP) is 3.35. The van der Waals surface area contributed by atoms with Crippen molar-refractivity contribution in [2.75, 3.05) is 7.11 Å². The Hall–Kier alpha value is -2.40. The highest BCUT2D eigenvalue weighted by atomic mass is 16.5. The van der Waals surface area contributed by atoms with Gasteiger partial charge in [-0.15, -0.1) is 0 Å². The molecule has 0 unspecified atom stereocenters. The summed E-state index contributed by atoms with van der Waals surface area (Å²) >= 11 is 0. The Bertz CT molecular complexity index is 672. The monoisotopic (exact) mass is 328 g/mol. The third kappa shape index (κ3) is 4.80. The minimum absolute atomic E-state index is 0.309. The fourth-order valence-electron chi connectivity index (χ4n) is 2.62. The molecule has 1 atom stereocenters. The summed E-state index contributed by atoms with van der Waals surface area (Å²) in [5.41, 5.74) is 3.04. The van der Waals surface area contributed by atoms with Gasteiger partial charge < -0.3 is 15.2 Å². The molecule has 0 amide bonds. The first-order valence-electron chi connectivity index (χ1n) is 8.04. The zero-order valence-electron chi connectivity index (χ0n) is 14.3. The molecular weight excluding hydrogens is 304 g/mol. The van der Waals surface area contributed by atoms with Crippen LogP contribution in [0.2, 0.25) is 0 Å². The number of nitrogens with zero attached hydrogens (tertiary/aromatic N) is 1. The molecule has 1 heterocycles. The number of carbonyl (C=O) groups is 1. The first-order chi connectivity index (χ1) is 11.5. The van der Waals surface area contributed by atoms with Gasteiger partial charge in [0.15, 0.2) is 0 Å². The smallest absolute Gasteiger partial charge is 0.320 e. The summed E-state index contributed by atoms with van der Waals surface area (Å²) in [5.74, 6) is 0.227. The quantitative estimate of drug-likeness (QED) is 0.777. The van der Waals surface area contributed by atoms with E-state index in [4.69, 9.17) is 4.74 Å². The van der Waals surface area contributed by atoms with E-state index in [9.17, 15) is 9.90 Å². The van der Waals surface area contributed by atoms with Crippen molar-refractivity contribution in [1.82, 2.24) is 10.3 Å². The van der Waals surface area contributed by atoms with Crippen LogP contribution >= 0.6 is 0 Å². The molecule has 0 aliphatic rings. The highest BCUT2D eigenvalue weighted by Crippen LogP contribution is 2.26. The topological polar surface area (TPSA) is 71.5 Å². The van der Waals surface area contributed by atoms with Crippen molar-refractivity contribution in [2.45, 2.75) is 32.9 Å². The fourth-order valence-corrected chi connectivity index (χ4v) is 2.62. The maximum atomic E-state index is 11.4. The molecule has 0 saturated heterocycles. The highest BCUT2D eigenvalue weighted by Gasteiger charge is 2.19. The predicted molar refractivity (Wildman–Crippen MR) is 93.9 cm³/mol. The molecule has 0 saturated carbocycles. The summed E-state index contributed by atoms with van der Waals surface area (Å²) in [6.45, 7) is 4.47. The van der Waals surface area contributed by atoms with Gasteiger partial charge in [0.25, 0.3) is 0 Å². The molecule has 128 valence electrons. The Labute approximate surface area is 142 Å². The van der Waals surface area contributed by atoms with Crippen LogP contribution in [0.15, 0.2) is 42.7 Å². The van der Waals surface area contributed by atoms with Crippen LogP contribution in [0.3, 0.4) is 0 Å². The number of nitrogens with one attached hydrogen (secondary N) is 1. The standard InChI is InChI=1S/C19H24N2O3/c1-13(2)10-17(19(22)23)21-12-16-11-15(4-5-18(16)24-3)14-6-8-20-9-7-14/h4-9,11,13,17,21H,10,12H2,1-3H3,(H,22,23)/t17-/m0/s1. The van der Waals surface area contributed by atoms with Gasteiger partial charge in [0, 0.05) is 24.5 Å². The lowest BCUT2D eigenvalue weighted by molar-refractivity contribution is -0.140. The molecule has 0 radical (unpaired) electrons. The van der Waals surface area contributed by atoms with Crippen molar-refractivity contribution in [1.29, 1.82) is 0 Å². The molecule has 0 aliphatic carbocycles. The second-order valence-electron chi connectivity index (χ2n) is 6.16. The SMILES string of the molecule is COc1ccc(-c2ccncc2)cc1CN[C@@H](CC(C)C)C(=O)O. The number of methoxy groups -OCH3 is 1. The lowest BCUT2D eigenvalue weighted by atomic mass is 10.0. The van der Waals surface area contributed by atoms with Crippen LogP contribution in [0.1, 0.15) is 25.8 Å². The Morgan fingerprint density at radius 3 is 2.50 bits per heavy atom. The number of benzene rings is 1. The summed E-state index contributed by atoms with van der Waals surface area (Å²) in [5, 5.41) is 12.5. The molecule has 0 aliphatic heterocycles. The number of ether oxygens (including phenoxy) is 1. The van der Waals surface area contributed by atoms with Crippen LogP contribution in [0.4, 0.5) is 0 Å². The van der Waals surface area contributed by atoms with E-state index in [1.807, 2.05) is 44.2 Å². The summed E-state index contributed by atoms with van der Waals surface area (Å²) in [6, 6.07) is 9.23. The Balaban J connectivity index is 2.20. The van der Waals surface area contributed by atoms with E-state index in [0.29, 0.717) is 18.9 Å². The van der Waals surface area contributed by atoms with Crippen LogP contribution in [-0.2, 0) is 11.3 Å². The molecule has 5 nitrogen and oxygen atoms in total. The summed E-state index contributed by atoms with van der Waals surface area (Å²) in [6.07, 6.45) is 4.09. The molecule has 24 heavy (non-hydrogen) atoms.